The van der Waals surface area contributed by atoms with Crippen molar-refractivity contribution in [3.8, 4) is 0 Å². The van der Waals surface area contributed by atoms with Crippen LogP contribution in [0.4, 0.5) is 13.2 Å². The zero-order valence-corrected chi connectivity index (χ0v) is 10.7. The fourth-order valence-corrected chi connectivity index (χ4v) is 2.26. The summed E-state index contributed by atoms with van der Waals surface area (Å²) in [5, 5.41) is 1.26. The van der Waals surface area contributed by atoms with E-state index in [2.05, 4.69) is 15.9 Å². The Bertz CT molecular complexity index is 605. The topological polar surface area (TPSA) is 17.1 Å². The third-order valence-corrected chi connectivity index (χ3v) is 3.22. The molecule has 0 radical (unpaired) electrons. The molecule has 0 aliphatic rings. The Kier molecular flexibility index (Phi) is 3.43. The van der Waals surface area contributed by atoms with Gasteiger partial charge >= 0.3 is 6.18 Å². The third-order valence-electron chi connectivity index (χ3n) is 2.53. The van der Waals surface area contributed by atoms with Gasteiger partial charge in [-0.15, -0.1) is 0 Å². The molecule has 0 saturated heterocycles. The predicted octanol–water partition coefficient (Wildman–Crippen LogP) is 4.74. The lowest BCUT2D eigenvalue weighted by Gasteiger charge is -2.09. The molecule has 0 bridgehead atoms. The van der Waals surface area contributed by atoms with Crippen molar-refractivity contribution in [3.05, 3.63) is 46.4 Å². The van der Waals surface area contributed by atoms with Crippen LogP contribution < -0.4 is 0 Å². The number of alkyl halides is 3. The summed E-state index contributed by atoms with van der Waals surface area (Å²) >= 11 is 3.31. The van der Waals surface area contributed by atoms with Crippen LogP contribution in [0, 0.1) is 0 Å². The molecule has 2 aromatic rings. The summed E-state index contributed by atoms with van der Waals surface area (Å²) in [6.45, 7) is 0. The molecule has 0 aromatic heterocycles. The summed E-state index contributed by atoms with van der Waals surface area (Å²) in [6, 6.07) is 9.87. The molecular weight excluding hydrogens is 309 g/mol. The molecule has 0 aliphatic heterocycles. The third kappa shape index (κ3) is 2.72. The molecule has 0 amide bonds. The second kappa shape index (κ2) is 4.72. The minimum atomic E-state index is -4.48. The van der Waals surface area contributed by atoms with Crippen LogP contribution in [0.25, 0.3) is 10.8 Å². The number of carbonyl (C=O) groups excluding carboxylic acids is 1. The Morgan fingerprint density at radius 2 is 1.67 bits per heavy atom. The maximum atomic E-state index is 12.2. The number of rotatable bonds is 2. The molecule has 0 fully saturated rings. The van der Waals surface area contributed by atoms with E-state index >= 15 is 0 Å². The molecule has 0 spiro atoms. The highest BCUT2D eigenvalue weighted by Gasteiger charge is 2.32. The summed E-state index contributed by atoms with van der Waals surface area (Å²) in [6.07, 6.45) is -5.91. The average molecular weight is 317 g/mol. The summed E-state index contributed by atoms with van der Waals surface area (Å²) in [5.74, 6) is -0.911. The van der Waals surface area contributed by atoms with Gasteiger partial charge in [0, 0.05) is 10.0 Å². The van der Waals surface area contributed by atoms with Gasteiger partial charge in [-0.25, -0.2) is 0 Å². The number of benzene rings is 2. The first kappa shape index (κ1) is 13.1. The minimum Gasteiger partial charge on any atom is -0.294 e. The van der Waals surface area contributed by atoms with Crippen molar-refractivity contribution in [3.63, 3.8) is 0 Å². The fraction of sp³-hybridized carbons (Fsp3) is 0.154. The molecule has 0 saturated carbocycles. The molecular formula is C13H8BrF3O. The van der Waals surface area contributed by atoms with E-state index in [0.717, 1.165) is 9.86 Å². The second-order valence-corrected chi connectivity index (χ2v) is 4.71. The lowest BCUT2D eigenvalue weighted by Crippen LogP contribution is -2.15. The molecule has 2 aromatic carbocycles. The number of hydrogen-bond acceptors (Lipinski definition) is 1. The van der Waals surface area contributed by atoms with E-state index in [1.807, 2.05) is 0 Å². The lowest BCUT2D eigenvalue weighted by atomic mass is 10.00. The van der Waals surface area contributed by atoms with Gasteiger partial charge in [0.2, 0.25) is 0 Å². The monoisotopic (exact) mass is 316 g/mol. The SMILES string of the molecule is O=C(CC(F)(F)F)c1ccc(Br)c2ccccc12. The molecule has 0 aliphatic carbocycles. The van der Waals surface area contributed by atoms with Gasteiger partial charge < -0.3 is 0 Å². The van der Waals surface area contributed by atoms with Crippen molar-refractivity contribution in [2.45, 2.75) is 12.6 Å². The van der Waals surface area contributed by atoms with E-state index in [4.69, 9.17) is 0 Å². The average Bonchev–Trinajstić information content (AvgIpc) is 2.27. The fourth-order valence-electron chi connectivity index (χ4n) is 1.78. The van der Waals surface area contributed by atoms with E-state index < -0.39 is 18.4 Å². The first-order valence-corrected chi connectivity index (χ1v) is 5.95. The number of ketones is 1. The van der Waals surface area contributed by atoms with Gasteiger partial charge in [-0.2, -0.15) is 13.2 Å². The van der Waals surface area contributed by atoms with Crippen LogP contribution in [-0.2, 0) is 0 Å². The van der Waals surface area contributed by atoms with Crippen LogP contribution >= 0.6 is 15.9 Å². The quantitative estimate of drug-likeness (QED) is 0.731. The molecule has 2 rings (SSSR count). The number of hydrogen-bond donors (Lipinski definition) is 0. The van der Waals surface area contributed by atoms with Crippen LogP contribution in [0.15, 0.2) is 40.9 Å². The largest absolute Gasteiger partial charge is 0.396 e. The lowest BCUT2D eigenvalue weighted by molar-refractivity contribution is -0.125. The molecule has 0 heterocycles. The van der Waals surface area contributed by atoms with Gasteiger partial charge in [0.25, 0.3) is 0 Å². The van der Waals surface area contributed by atoms with E-state index in [1.165, 1.54) is 6.07 Å². The van der Waals surface area contributed by atoms with Crippen LogP contribution in [0.1, 0.15) is 16.8 Å². The van der Waals surface area contributed by atoms with Crippen LogP contribution in [0.3, 0.4) is 0 Å². The highest BCUT2D eigenvalue weighted by atomic mass is 79.9. The van der Waals surface area contributed by atoms with Crippen LogP contribution in [0.5, 0.6) is 0 Å². The van der Waals surface area contributed by atoms with Crippen molar-refractivity contribution in [2.24, 2.45) is 0 Å². The Morgan fingerprint density at radius 1 is 1.06 bits per heavy atom. The van der Waals surface area contributed by atoms with Crippen LogP contribution in [-0.4, -0.2) is 12.0 Å². The van der Waals surface area contributed by atoms with E-state index in [-0.39, 0.29) is 5.56 Å². The molecule has 1 nitrogen and oxygen atoms in total. The molecule has 0 N–H and O–H groups in total. The standard InChI is InChI=1S/C13H8BrF3O/c14-11-6-5-10(12(18)7-13(15,16)17)8-3-1-2-4-9(8)11/h1-6H,7H2. The first-order valence-electron chi connectivity index (χ1n) is 5.16. The zero-order valence-electron chi connectivity index (χ0n) is 9.09. The predicted molar refractivity (Wildman–Crippen MR) is 66.7 cm³/mol. The Morgan fingerprint density at radius 3 is 2.28 bits per heavy atom. The highest BCUT2D eigenvalue weighted by Crippen LogP contribution is 2.29. The molecule has 5 heteroatoms. The van der Waals surface area contributed by atoms with Gasteiger partial charge in [-0.3, -0.25) is 4.79 Å². The van der Waals surface area contributed by atoms with E-state index in [0.29, 0.717) is 5.39 Å². The smallest absolute Gasteiger partial charge is 0.294 e. The minimum absolute atomic E-state index is 0.103. The van der Waals surface area contributed by atoms with Crippen molar-refractivity contribution in [1.29, 1.82) is 0 Å². The van der Waals surface area contributed by atoms with Crippen LogP contribution in [0.2, 0.25) is 0 Å². The van der Waals surface area contributed by atoms with Gasteiger partial charge in [-0.1, -0.05) is 40.2 Å². The Balaban J connectivity index is 2.52. The van der Waals surface area contributed by atoms with Gasteiger partial charge in [0.15, 0.2) is 5.78 Å². The summed E-state index contributed by atoms with van der Waals surface area (Å²) in [5.41, 5.74) is 0.103. The molecule has 0 unspecified atom stereocenters. The van der Waals surface area contributed by atoms with Crippen molar-refractivity contribution >= 4 is 32.5 Å². The number of halogens is 4. The van der Waals surface area contributed by atoms with Crippen molar-refractivity contribution in [1.82, 2.24) is 0 Å². The van der Waals surface area contributed by atoms with E-state index in [1.54, 1.807) is 30.3 Å². The maximum Gasteiger partial charge on any atom is 0.396 e. The number of fused-ring (bicyclic) bond motifs is 1. The highest BCUT2D eigenvalue weighted by molar-refractivity contribution is 9.10. The van der Waals surface area contributed by atoms with Gasteiger partial charge in [-0.05, 0) is 22.9 Å². The zero-order chi connectivity index (χ0) is 13.3. The molecule has 94 valence electrons. The molecule has 0 atom stereocenters. The Labute approximate surface area is 110 Å². The van der Waals surface area contributed by atoms with E-state index in [9.17, 15) is 18.0 Å². The first-order chi connectivity index (χ1) is 8.38. The summed E-state index contributed by atoms with van der Waals surface area (Å²) < 4.78 is 37.5. The second-order valence-electron chi connectivity index (χ2n) is 3.86. The maximum absolute atomic E-state index is 12.2. The summed E-state index contributed by atoms with van der Waals surface area (Å²) in [4.78, 5) is 11.7. The Hall–Kier alpha value is -1.36. The molecule has 18 heavy (non-hydrogen) atoms. The van der Waals surface area contributed by atoms with Crippen molar-refractivity contribution in [2.75, 3.05) is 0 Å². The normalized spacial score (nSPS) is 11.8. The van der Waals surface area contributed by atoms with Gasteiger partial charge in [0.05, 0.1) is 0 Å². The summed E-state index contributed by atoms with van der Waals surface area (Å²) in [7, 11) is 0. The number of carbonyl (C=O) groups is 1. The van der Waals surface area contributed by atoms with Gasteiger partial charge in [0.1, 0.15) is 6.42 Å². The van der Waals surface area contributed by atoms with Crippen molar-refractivity contribution < 1.29 is 18.0 Å². The number of Topliss-reactive ketones (excluding diaryl/α,β-unsaturated/α-hetero) is 1.